The average Bonchev–Trinajstić information content (AvgIpc) is 3.37. The molecule has 1 saturated heterocycles. The zero-order valence-corrected chi connectivity index (χ0v) is 26.7. The Kier molecular flexibility index (Phi) is 8.57. The number of rotatable bonds is 9. The molecular formula is C34H38F2N6OSi. The summed E-state index contributed by atoms with van der Waals surface area (Å²) in [5.41, 5.74) is 5.20. The SMILES string of the molecule is CN1CCN(c2cc(-c3cccc(-c4nn(COCC[Si](C)(C)C)c5ccc(-c6cc(F)cc(F)c6)cc45)n3)ccn2)CC1. The lowest BCUT2D eigenvalue weighted by molar-refractivity contribution is 0.0818. The highest BCUT2D eigenvalue weighted by Gasteiger charge is 2.19. The van der Waals surface area contributed by atoms with E-state index >= 15 is 0 Å². The molecule has 44 heavy (non-hydrogen) atoms. The second-order valence-corrected chi connectivity index (χ2v) is 18.3. The molecule has 1 fully saturated rings. The van der Waals surface area contributed by atoms with Crippen LogP contribution in [-0.4, -0.2) is 72.6 Å². The van der Waals surface area contributed by atoms with Gasteiger partial charge in [0.2, 0.25) is 0 Å². The summed E-state index contributed by atoms with van der Waals surface area (Å²) in [5, 5.41) is 5.80. The number of halogens is 2. The van der Waals surface area contributed by atoms with Crippen molar-refractivity contribution in [3.63, 3.8) is 0 Å². The van der Waals surface area contributed by atoms with Crippen LogP contribution in [0, 0.1) is 11.6 Å². The summed E-state index contributed by atoms with van der Waals surface area (Å²) in [4.78, 5) is 14.3. The first kappa shape index (κ1) is 30.1. The van der Waals surface area contributed by atoms with Crippen molar-refractivity contribution in [2.75, 3.05) is 44.7 Å². The van der Waals surface area contributed by atoms with Gasteiger partial charge < -0.3 is 14.5 Å². The van der Waals surface area contributed by atoms with Crippen LogP contribution < -0.4 is 4.90 Å². The van der Waals surface area contributed by atoms with E-state index in [0.29, 0.717) is 35.9 Å². The van der Waals surface area contributed by atoms with Crippen molar-refractivity contribution in [2.24, 2.45) is 0 Å². The summed E-state index contributed by atoms with van der Waals surface area (Å²) >= 11 is 0. The second kappa shape index (κ2) is 12.5. The number of fused-ring (bicyclic) bond motifs is 1. The number of piperazine rings is 1. The minimum Gasteiger partial charge on any atom is -0.360 e. The highest BCUT2D eigenvalue weighted by molar-refractivity contribution is 6.76. The van der Waals surface area contributed by atoms with Gasteiger partial charge in [0, 0.05) is 64.1 Å². The highest BCUT2D eigenvalue weighted by atomic mass is 28.3. The Hall–Kier alpha value is -3.99. The largest absolute Gasteiger partial charge is 0.360 e. The van der Waals surface area contributed by atoms with Gasteiger partial charge in [-0.1, -0.05) is 31.8 Å². The van der Waals surface area contributed by atoms with Gasteiger partial charge in [-0.15, -0.1) is 0 Å². The predicted molar refractivity (Wildman–Crippen MR) is 175 cm³/mol. The Morgan fingerprint density at radius 2 is 1.57 bits per heavy atom. The molecule has 0 saturated carbocycles. The zero-order valence-electron chi connectivity index (χ0n) is 25.7. The molecule has 0 amide bonds. The molecule has 2 aromatic carbocycles. The van der Waals surface area contributed by atoms with Crippen molar-refractivity contribution in [1.82, 2.24) is 24.6 Å². The number of hydrogen-bond acceptors (Lipinski definition) is 6. The summed E-state index contributed by atoms with van der Waals surface area (Å²) in [6.45, 7) is 11.8. The molecule has 1 aliphatic heterocycles. The van der Waals surface area contributed by atoms with E-state index in [4.69, 9.17) is 14.8 Å². The fourth-order valence-electron chi connectivity index (χ4n) is 5.41. The molecule has 0 bridgehead atoms. The van der Waals surface area contributed by atoms with Gasteiger partial charge in [0.15, 0.2) is 0 Å². The highest BCUT2D eigenvalue weighted by Crippen LogP contribution is 2.33. The molecule has 10 heteroatoms. The Balaban J connectivity index is 1.37. The van der Waals surface area contributed by atoms with Crippen LogP contribution in [0.15, 0.2) is 72.9 Å². The summed E-state index contributed by atoms with van der Waals surface area (Å²) in [6, 6.07) is 20.3. The molecule has 0 atom stereocenters. The molecule has 5 aromatic rings. The third kappa shape index (κ3) is 6.88. The average molecular weight is 613 g/mol. The molecule has 6 rings (SSSR count). The van der Waals surface area contributed by atoms with Crippen LogP contribution in [0.4, 0.5) is 14.6 Å². The lowest BCUT2D eigenvalue weighted by atomic mass is 10.0. The number of ether oxygens (including phenoxy) is 1. The van der Waals surface area contributed by atoms with Crippen molar-refractivity contribution in [2.45, 2.75) is 32.4 Å². The van der Waals surface area contributed by atoms with E-state index in [1.165, 1.54) is 12.1 Å². The minimum absolute atomic E-state index is 0.299. The maximum atomic E-state index is 14.1. The monoisotopic (exact) mass is 612 g/mol. The van der Waals surface area contributed by atoms with Gasteiger partial charge in [0.05, 0.1) is 16.9 Å². The van der Waals surface area contributed by atoms with E-state index in [1.54, 1.807) is 0 Å². The van der Waals surface area contributed by atoms with Gasteiger partial charge >= 0.3 is 0 Å². The zero-order chi connectivity index (χ0) is 30.8. The molecule has 0 N–H and O–H groups in total. The quantitative estimate of drug-likeness (QED) is 0.130. The molecule has 4 heterocycles. The summed E-state index contributed by atoms with van der Waals surface area (Å²) < 4.78 is 36.1. The molecule has 0 radical (unpaired) electrons. The van der Waals surface area contributed by atoms with Crippen molar-refractivity contribution in [1.29, 1.82) is 0 Å². The van der Waals surface area contributed by atoms with Crippen molar-refractivity contribution in [3.8, 4) is 33.8 Å². The summed E-state index contributed by atoms with van der Waals surface area (Å²) in [6.07, 6.45) is 1.84. The van der Waals surface area contributed by atoms with Crippen molar-refractivity contribution < 1.29 is 13.5 Å². The van der Waals surface area contributed by atoms with Gasteiger partial charge in [-0.2, -0.15) is 5.10 Å². The van der Waals surface area contributed by atoms with E-state index < -0.39 is 19.7 Å². The standard InChI is InChI=1S/C34H38F2N6OSi/c1-40-12-14-41(15-13-40)33-21-25(10-11-37-33)30-6-5-7-31(38-30)34-29-20-24(26-18-27(35)22-28(36)19-26)8-9-32(29)42(39-34)23-43-16-17-44(2,3)4/h5-11,18-22H,12-17,23H2,1-4H3. The van der Waals surface area contributed by atoms with Crippen LogP contribution in [0.3, 0.4) is 0 Å². The number of pyridine rings is 2. The van der Waals surface area contributed by atoms with E-state index in [1.807, 2.05) is 53.3 Å². The summed E-state index contributed by atoms with van der Waals surface area (Å²) in [7, 11) is 0.896. The molecule has 1 aliphatic rings. The lowest BCUT2D eigenvalue weighted by Crippen LogP contribution is -2.44. The number of benzene rings is 2. The van der Waals surface area contributed by atoms with Gasteiger partial charge in [-0.05, 0) is 72.7 Å². The number of nitrogens with zero attached hydrogens (tertiary/aromatic N) is 6. The van der Waals surface area contributed by atoms with Gasteiger partial charge in [-0.25, -0.2) is 23.4 Å². The topological polar surface area (TPSA) is 59.3 Å². The van der Waals surface area contributed by atoms with E-state index in [9.17, 15) is 8.78 Å². The number of hydrogen-bond donors (Lipinski definition) is 0. The third-order valence-electron chi connectivity index (χ3n) is 8.02. The molecule has 3 aromatic heterocycles. The van der Waals surface area contributed by atoms with Gasteiger partial charge in [0.1, 0.15) is 29.9 Å². The van der Waals surface area contributed by atoms with Crippen molar-refractivity contribution in [3.05, 3.63) is 84.6 Å². The van der Waals surface area contributed by atoms with Crippen molar-refractivity contribution >= 4 is 24.8 Å². The van der Waals surface area contributed by atoms with E-state index in [-0.39, 0.29) is 0 Å². The maximum absolute atomic E-state index is 14.1. The Morgan fingerprint density at radius 3 is 2.32 bits per heavy atom. The smallest absolute Gasteiger partial charge is 0.140 e. The summed E-state index contributed by atoms with van der Waals surface area (Å²) in [5.74, 6) is -0.288. The Labute approximate surface area is 258 Å². The van der Waals surface area contributed by atoms with E-state index in [2.05, 4.69) is 47.5 Å². The second-order valence-electron chi connectivity index (χ2n) is 12.7. The number of aromatic nitrogens is 4. The number of anilines is 1. The molecule has 0 unspecified atom stereocenters. The third-order valence-corrected chi connectivity index (χ3v) is 9.72. The number of likely N-dealkylation sites (N-methyl/N-ethyl adjacent to an activating group) is 1. The lowest BCUT2D eigenvalue weighted by Gasteiger charge is -2.33. The molecule has 0 aliphatic carbocycles. The Bertz CT molecular complexity index is 1760. The predicted octanol–water partition coefficient (Wildman–Crippen LogP) is 7.17. The molecule has 228 valence electrons. The van der Waals surface area contributed by atoms with Crippen LogP contribution in [-0.2, 0) is 11.5 Å². The van der Waals surface area contributed by atoms with Crippen LogP contribution in [0.25, 0.3) is 44.7 Å². The molecule has 7 nitrogen and oxygen atoms in total. The minimum atomic E-state index is -1.24. The van der Waals surface area contributed by atoms with Gasteiger partial charge in [0.25, 0.3) is 0 Å². The first-order valence-electron chi connectivity index (χ1n) is 15.1. The fraction of sp³-hybridized carbons (Fsp3) is 0.324. The van der Waals surface area contributed by atoms with Crippen LogP contribution in [0.5, 0.6) is 0 Å². The Morgan fingerprint density at radius 1 is 0.818 bits per heavy atom. The normalized spacial score (nSPS) is 14.5. The fourth-order valence-corrected chi connectivity index (χ4v) is 6.17. The van der Waals surface area contributed by atoms with E-state index in [0.717, 1.165) is 66.3 Å². The van der Waals surface area contributed by atoms with Gasteiger partial charge in [-0.3, -0.25) is 0 Å². The van der Waals surface area contributed by atoms with Crippen LogP contribution in [0.2, 0.25) is 25.7 Å². The molecular weight excluding hydrogens is 574 g/mol. The van der Waals surface area contributed by atoms with Crippen LogP contribution >= 0.6 is 0 Å². The maximum Gasteiger partial charge on any atom is 0.140 e. The molecule has 0 spiro atoms. The van der Waals surface area contributed by atoms with Crippen LogP contribution in [0.1, 0.15) is 0 Å². The first-order valence-corrected chi connectivity index (χ1v) is 18.8. The first-order chi connectivity index (χ1) is 21.1.